The molecular weight excluding hydrogens is 346 g/mol. The molecule has 1 aliphatic rings. The normalized spacial score (nSPS) is 17.4. The lowest BCUT2D eigenvalue weighted by molar-refractivity contribution is 0.0707. The van der Waals surface area contributed by atoms with Crippen LogP contribution in [0.15, 0.2) is 43.0 Å². The quantitative estimate of drug-likeness (QED) is 0.711. The van der Waals surface area contributed by atoms with Crippen molar-refractivity contribution >= 4 is 17.2 Å². The zero-order valence-electron chi connectivity index (χ0n) is 14.7. The zero-order chi connectivity index (χ0) is 17.9. The number of nitrogens with zero attached hydrogens (tertiary/aromatic N) is 5. The van der Waals surface area contributed by atoms with Crippen LogP contribution in [0.5, 0.6) is 0 Å². The predicted octanol–water partition coefficient (Wildman–Crippen LogP) is 3.11. The number of aromatic nitrogens is 4. The Balaban J connectivity index is 1.43. The van der Waals surface area contributed by atoms with Gasteiger partial charge in [-0.05, 0) is 37.5 Å². The Bertz CT molecular complexity index is 872. The fourth-order valence-corrected chi connectivity index (χ4v) is 4.19. The standard InChI is InChI=1S/C19H21N5OS/c1-14-21-22-18(26-14)17-3-2-9-24(12-17)19(25)16-6-4-15(5-7-16)11-23-10-8-20-13-23/h4-8,10,13,17H,2-3,9,11-12H2,1H3. The van der Waals surface area contributed by atoms with Gasteiger partial charge in [-0.25, -0.2) is 4.98 Å². The maximum Gasteiger partial charge on any atom is 0.253 e. The Labute approximate surface area is 156 Å². The van der Waals surface area contributed by atoms with Gasteiger partial charge in [0.1, 0.15) is 10.0 Å². The predicted molar refractivity (Wildman–Crippen MR) is 100 cm³/mol. The molecule has 26 heavy (non-hydrogen) atoms. The van der Waals surface area contributed by atoms with E-state index in [0.717, 1.165) is 53.6 Å². The molecule has 3 aromatic rings. The van der Waals surface area contributed by atoms with Gasteiger partial charge in [-0.3, -0.25) is 4.79 Å². The fourth-order valence-electron chi connectivity index (χ4n) is 3.37. The fraction of sp³-hybridized carbons (Fsp3) is 0.368. The maximum absolute atomic E-state index is 12.9. The van der Waals surface area contributed by atoms with E-state index in [-0.39, 0.29) is 5.91 Å². The SMILES string of the molecule is Cc1nnc(C2CCCN(C(=O)c3ccc(Cn4ccnc4)cc3)C2)s1. The summed E-state index contributed by atoms with van der Waals surface area (Å²) in [5.74, 6) is 0.407. The molecule has 1 amide bonds. The molecule has 0 saturated carbocycles. The third-order valence-electron chi connectivity index (χ3n) is 4.72. The van der Waals surface area contributed by atoms with Crippen LogP contribution in [0, 0.1) is 6.92 Å². The van der Waals surface area contributed by atoms with Crippen molar-refractivity contribution in [3.63, 3.8) is 0 Å². The Morgan fingerprint density at radius 3 is 2.81 bits per heavy atom. The van der Waals surface area contributed by atoms with Gasteiger partial charge in [-0.1, -0.05) is 12.1 Å². The van der Waals surface area contributed by atoms with E-state index in [0.29, 0.717) is 5.92 Å². The zero-order valence-corrected chi connectivity index (χ0v) is 15.5. The highest BCUT2D eigenvalue weighted by molar-refractivity contribution is 7.11. The van der Waals surface area contributed by atoms with Crippen molar-refractivity contribution in [3.8, 4) is 0 Å². The van der Waals surface area contributed by atoms with E-state index < -0.39 is 0 Å². The van der Waals surface area contributed by atoms with Gasteiger partial charge in [0.2, 0.25) is 0 Å². The summed E-state index contributed by atoms with van der Waals surface area (Å²) in [5.41, 5.74) is 1.90. The van der Waals surface area contributed by atoms with Gasteiger partial charge >= 0.3 is 0 Å². The van der Waals surface area contributed by atoms with E-state index in [1.807, 2.05) is 46.9 Å². The molecule has 7 heteroatoms. The molecule has 0 bridgehead atoms. The van der Waals surface area contributed by atoms with Gasteiger partial charge in [0, 0.05) is 43.5 Å². The number of likely N-dealkylation sites (tertiary alicyclic amines) is 1. The van der Waals surface area contributed by atoms with Crippen LogP contribution >= 0.6 is 11.3 Å². The number of hydrogen-bond donors (Lipinski definition) is 0. The molecule has 1 aromatic carbocycles. The van der Waals surface area contributed by atoms with Crippen molar-refractivity contribution in [1.82, 2.24) is 24.6 Å². The second-order valence-corrected chi connectivity index (χ2v) is 7.89. The Hall–Kier alpha value is -2.54. The maximum atomic E-state index is 12.9. The van der Waals surface area contributed by atoms with Gasteiger partial charge in [0.25, 0.3) is 5.91 Å². The highest BCUT2D eigenvalue weighted by Gasteiger charge is 2.27. The molecule has 6 nitrogen and oxygen atoms in total. The average Bonchev–Trinajstić information content (AvgIpc) is 3.34. The van der Waals surface area contributed by atoms with E-state index in [9.17, 15) is 4.79 Å². The highest BCUT2D eigenvalue weighted by Crippen LogP contribution is 2.29. The van der Waals surface area contributed by atoms with E-state index >= 15 is 0 Å². The molecule has 1 unspecified atom stereocenters. The van der Waals surface area contributed by atoms with Gasteiger partial charge < -0.3 is 9.47 Å². The lowest BCUT2D eigenvalue weighted by Crippen LogP contribution is -2.39. The van der Waals surface area contributed by atoms with Crippen molar-refractivity contribution in [2.24, 2.45) is 0 Å². The van der Waals surface area contributed by atoms with Gasteiger partial charge in [-0.2, -0.15) is 0 Å². The summed E-state index contributed by atoms with van der Waals surface area (Å²) < 4.78 is 2.01. The smallest absolute Gasteiger partial charge is 0.253 e. The summed E-state index contributed by atoms with van der Waals surface area (Å²) in [5, 5.41) is 10.4. The van der Waals surface area contributed by atoms with Gasteiger partial charge in [0.15, 0.2) is 0 Å². The molecule has 0 aliphatic carbocycles. The number of carbonyl (C=O) groups excluding carboxylic acids is 1. The van der Waals surface area contributed by atoms with Crippen LogP contribution in [0.3, 0.4) is 0 Å². The van der Waals surface area contributed by atoms with E-state index in [1.54, 1.807) is 23.9 Å². The molecule has 2 aromatic heterocycles. The van der Waals surface area contributed by atoms with Crippen LogP contribution in [0.2, 0.25) is 0 Å². The largest absolute Gasteiger partial charge is 0.338 e. The first-order valence-corrected chi connectivity index (χ1v) is 9.64. The first kappa shape index (κ1) is 16.9. The second-order valence-electron chi connectivity index (χ2n) is 6.68. The molecule has 1 aliphatic heterocycles. The molecule has 3 heterocycles. The Morgan fingerprint density at radius 1 is 1.27 bits per heavy atom. The molecule has 0 N–H and O–H groups in total. The van der Waals surface area contributed by atoms with Crippen LogP contribution in [0.1, 0.15) is 44.7 Å². The summed E-state index contributed by atoms with van der Waals surface area (Å²) >= 11 is 1.64. The summed E-state index contributed by atoms with van der Waals surface area (Å²) in [7, 11) is 0. The lowest BCUT2D eigenvalue weighted by Gasteiger charge is -2.31. The third kappa shape index (κ3) is 3.67. The van der Waals surface area contributed by atoms with E-state index in [4.69, 9.17) is 0 Å². The number of benzene rings is 1. The van der Waals surface area contributed by atoms with Crippen LogP contribution in [-0.2, 0) is 6.54 Å². The molecule has 134 valence electrons. The number of aryl methyl sites for hydroxylation is 1. The first-order valence-electron chi connectivity index (χ1n) is 8.83. The van der Waals surface area contributed by atoms with Gasteiger partial charge in [-0.15, -0.1) is 21.5 Å². The van der Waals surface area contributed by atoms with Gasteiger partial charge in [0.05, 0.1) is 6.33 Å². The minimum absolute atomic E-state index is 0.102. The van der Waals surface area contributed by atoms with Crippen LogP contribution < -0.4 is 0 Å². The van der Waals surface area contributed by atoms with Crippen molar-refractivity contribution in [2.75, 3.05) is 13.1 Å². The van der Waals surface area contributed by atoms with Crippen LogP contribution in [-0.4, -0.2) is 43.6 Å². The molecule has 1 saturated heterocycles. The Morgan fingerprint density at radius 2 is 2.12 bits per heavy atom. The van der Waals surface area contributed by atoms with E-state index in [1.165, 1.54) is 0 Å². The number of piperidine rings is 1. The summed E-state index contributed by atoms with van der Waals surface area (Å²) in [4.78, 5) is 18.9. The number of rotatable bonds is 4. The van der Waals surface area contributed by atoms with Crippen molar-refractivity contribution in [1.29, 1.82) is 0 Å². The van der Waals surface area contributed by atoms with Crippen LogP contribution in [0.4, 0.5) is 0 Å². The highest BCUT2D eigenvalue weighted by atomic mass is 32.1. The van der Waals surface area contributed by atoms with Crippen molar-refractivity contribution < 1.29 is 4.79 Å². The number of imidazole rings is 1. The van der Waals surface area contributed by atoms with E-state index in [2.05, 4.69) is 15.2 Å². The number of hydrogen-bond acceptors (Lipinski definition) is 5. The van der Waals surface area contributed by atoms with Crippen molar-refractivity contribution in [3.05, 3.63) is 64.1 Å². The monoisotopic (exact) mass is 367 g/mol. The molecule has 0 radical (unpaired) electrons. The first-order chi connectivity index (χ1) is 12.7. The number of carbonyl (C=O) groups is 1. The van der Waals surface area contributed by atoms with Crippen molar-refractivity contribution in [2.45, 2.75) is 32.2 Å². The summed E-state index contributed by atoms with van der Waals surface area (Å²) in [6, 6.07) is 7.88. The molecule has 4 rings (SSSR count). The Kier molecular flexibility index (Phi) is 4.79. The minimum Gasteiger partial charge on any atom is -0.338 e. The lowest BCUT2D eigenvalue weighted by atomic mass is 9.98. The second kappa shape index (κ2) is 7.37. The summed E-state index contributed by atoms with van der Waals surface area (Å²) in [6.07, 6.45) is 7.57. The third-order valence-corrected chi connectivity index (χ3v) is 5.73. The van der Waals surface area contributed by atoms with Crippen LogP contribution in [0.25, 0.3) is 0 Å². The molecule has 0 spiro atoms. The molecule has 1 fully saturated rings. The molecule has 1 atom stereocenters. The minimum atomic E-state index is 0.102. The average molecular weight is 367 g/mol. The molecular formula is C19H21N5OS. The topological polar surface area (TPSA) is 63.9 Å². The number of amides is 1. The summed E-state index contributed by atoms with van der Waals surface area (Å²) in [6.45, 7) is 4.27.